The third-order valence-electron chi connectivity index (χ3n) is 4.84. The topological polar surface area (TPSA) is 77.0 Å². The Bertz CT molecular complexity index is 1340. The fourth-order valence-electron chi connectivity index (χ4n) is 3.32. The predicted octanol–water partition coefficient (Wildman–Crippen LogP) is 5.60. The molecule has 1 N–H and O–H groups in total. The molecule has 2 aromatic carbocycles. The minimum atomic E-state index is -0.915. The highest BCUT2D eigenvalue weighted by atomic mass is 32.2. The molecule has 4 rings (SSSR count). The number of aromatic nitrogens is 3. The number of Topliss-reactive ketones (excluding diaryl/α,β-unsaturated/α-hetero) is 1. The van der Waals surface area contributed by atoms with Gasteiger partial charge in [0.25, 0.3) is 0 Å². The predicted molar refractivity (Wildman–Crippen MR) is 126 cm³/mol. The molecule has 1 atom stereocenters. The quantitative estimate of drug-likeness (QED) is 0.171. The molecular weight excluding hydrogens is 450 g/mol. The molecule has 158 valence electrons. The van der Waals surface area contributed by atoms with Crippen molar-refractivity contribution >= 4 is 58.0 Å². The summed E-state index contributed by atoms with van der Waals surface area (Å²) < 4.78 is 8.63. The smallest absolute Gasteiger partial charge is 0.338 e. The highest BCUT2D eigenvalue weighted by molar-refractivity contribution is 8.00. The summed E-state index contributed by atoms with van der Waals surface area (Å²) in [5, 5.41) is 5.26. The number of ether oxygens (including phenoxy) is 1. The van der Waals surface area contributed by atoms with E-state index in [0.717, 1.165) is 26.6 Å². The number of hydrogen-bond donors (Lipinski definition) is 1. The molecule has 0 bridgehead atoms. The number of aryl methyl sites for hydroxylation is 1. The Kier molecular flexibility index (Phi) is 6.08. The largest absolute Gasteiger partial charge is 0.451 e. The highest BCUT2D eigenvalue weighted by Gasteiger charge is 2.25. The Morgan fingerprint density at radius 1 is 1.19 bits per heavy atom. The van der Waals surface area contributed by atoms with E-state index in [1.54, 1.807) is 35.9 Å². The van der Waals surface area contributed by atoms with Crippen LogP contribution in [0.15, 0.2) is 52.9 Å². The number of nitrogens with zero attached hydrogens (tertiary/aromatic N) is 2. The minimum absolute atomic E-state index is 0.238. The zero-order chi connectivity index (χ0) is 22.1. The van der Waals surface area contributed by atoms with Crippen LogP contribution in [0.5, 0.6) is 0 Å². The van der Waals surface area contributed by atoms with E-state index in [-0.39, 0.29) is 5.78 Å². The Morgan fingerprint density at radius 3 is 2.58 bits per heavy atom. The number of carbonyl (C=O) groups excluding carboxylic acids is 2. The maximum atomic E-state index is 13.0. The summed E-state index contributed by atoms with van der Waals surface area (Å²) >= 11 is 8.31. The van der Waals surface area contributed by atoms with E-state index >= 15 is 0 Å². The first-order valence-electron chi connectivity index (χ1n) is 9.46. The van der Waals surface area contributed by atoms with Gasteiger partial charge in [-0.25, -0.2) is 9.48 Å². The van der Waals surface area contributed by atoms with Crippen molar-refractivity contribution in [3.63, 3.8) is 0 Å². The Hall–Kier alpha value is -2.75. The molecule has 4 aromatic rings. The van der Waals surface area contributed by atoms with Crippen LogP contribution in [0.25, 0.3) is 16.6 Å². The SMILES string of the molecule is CSc1nn(-c2ccc(C(=O)OC(C)C(=O)c3c(C)[nH]c4ccccc34)cc2)c(=S)s1. The molecule has 0 amide bonds. The number of fused-ring (bicyclic) bond motifs is 1. The van der Waals surface area contributed by atoms with Gasteiger partial charge >= 0.3 is 5.97 Å². The molecule has 2 heterocycles. The average molecular weight is 470 g/mol. The molecule has 0 aliphatic heterocycles. The van der Waals surface area contributed by atoms with Crippen LogP contribution in [0, 0.1) is 10.9 Å². The van der Waals surface area contributed by atoms with Gasteiger partial charge in [-0.2, -0.15) is 0 Å². The van der Waals surface area contributed by atoms with Gasteiger partial charge in [0.1, 0.15) is 0 Å². The minimum Gasteiger partial charge on any atom is -0.451 e. The molecule has 2 aromatic heterocycles. The molecule has 0 aliphatic rings. The summed E-state index contributed by atoms with van der Waals surface area (Å²) in [6, 6.07) is 14.4. The van der Waals surface area contributed by atoms with Crippen molar-refractivity contribution in [1.82, 2.24) is 14.8 Å². The van der Waals surface area contributed by atoms with Crippen LogP contribution in [0.4, 0.5) is 0 Å². The maximum absolute atomic E-state index is 13.0. The van der Waals surface area contributed by atoms with Crippen LogP contribution in [0.1, 0.15) is 33.3 Å². The number of hydrogen-bond acceptors (Lipinski definition) is 7. The highest BCUT2D eigenvalue weighted by Crippen LogP contribution is 2.25. The molecule has 31 heavy (non-hydrogen) atoms. The first-order chi connectivity index (χ1) is 14.9. The van der Waals surface area contributed by atoms with Gasteiger partial charge in [-0.3, -0.25) is 4.79 Å². The van der Waals surface area contributed by atoms with Crippen molar-refractivity contribution in [2.24, 2.45) is 0 Å². The summed E-state index contributed by atoms with van der Waals surface area (Å²) in [6.45, 7) is 3.43. The van der Waals surface area contributed by atoms with Gasteiger partial charge in [0.15, 0.2) is 14.4 Å². The molecule has 0 fully saturated rings. The summed E-state index contributed by atoms with van der Waals surface area (Å²) in [6.07, 6.45) is 1.03. The number of benzene rings is 2. The maximum Gasteiger partial charge on any atom is 0.338 e. The fraction of sp³-hybridized carbons (Fsp3) is 0.182. The summed E-state index contributed by atoms with van der Waals surface area (Å²) in [5.41, 5.74) is 3.29. The number of para-hydroxylation sites is 1. The van der Waals surface area contributed by atoms with Crippen LogP contribution in [-0.4, -0.2) is 38.9 Å². The van der Waals surface area contributed by atoms with Gasteiger partial charge in [0, 0.05) is 22.2 Å². The second-order valence-electron chi connectivity index (χ2n) is 6.88. The van der Waals surface area contributed by atoms with Gasteiger partial charge in [0.05, 0.1) is 11.3 Å². The Labute approximate surface area is 192 Å². The number of carbonyl (C=O) groups is 2. The summed E-state index contributed by atoms with van der Waals surface area (Å²) in [5.74, 6) is -0.796. The molecular formula is C22H19N3O3S3. The lowest BCUT2D eigenvalue weighted by atomic mass is 10.0. The van der Waals surface area contributed by atoms with Crippen LogP contribution in [0.2, 0.25) is 0 Å². The Morgan fingerprint density at radius 2 is 1.90 bits per heavy atom. The number of ketones is 1. The van der Waals surface area contributed by atoms with Gasteiger partial charge in [-0.1, -0.05) is 41.3 Å². The van der Waals surface area contributed by atoms with Gasteiger partial charge in [0.2, 0.25) is 5.78 Å². The zero-order valence-electron chi connectivity index (χ0n) is 17.0. The van der Waals surface area contributed by atoms with Crippen molar-refractivity contribution in [1.29, 1.82) is 0 Å². The van der Waals surface area contributed by atoms with Crippen LogP contribution >= 0.6 is 35.3 Å². The lowest BCUT2D eigenvalue weighted by molar-refractivity contribution is 0.0319. The standard InChI is InChI=1S/C22H19N3O3S3/c1-12-18(16-6-4-5-7-17(16)23-12)19(26)13(2)28-20(27)14-8-10-15(11-9-14)25-22(29)31-21(24-25)30-3/h4-11,13,23H,1-3H3. The number of nitrogens with one attached hydrogen (secondary N) is 1. The Balaban J connectivity index is 1.51. The van der Waals surface area contributed by atoms with Crippen molar-refractivity contribution < 1.29 is 14.3 Å². The number of H-pyrrole nitrogens is 1. The summed E-state index contributed by atoms with van der Waals surface area (Å²) in [7, 11) is 0. The van der Waals surface area contributed by atoms with Crippen LogP contribution in [0.3, 0.4) is 0 Å². The molecule has 0 saturated heterocycles. The van der Waals surface area contributed by atoms with Crippen molar-refractivity contribution in [3.05, 3.63) is 69.3 Å². The van der Waals surface area contributed by atoms with Crippen LogP contribution < -0.4 is 0 Å². The third-order valence-corrected chi connectivity index (χ3v) is 7.05. The molecule has 0 saturated carbocycles. The second-order valence-corrected chi connectivity index (χ2v) is 9.56. The molecule has 0 radical (unpaired) electrons. The van der Waals surface area contributed by atoms with E-state index < -0.39 is 12.1 Å². The normalized spacial score (nSPS) is 12.1. The van der Waals surface area contributed by atoms with Gasteiger partial charge in [-0.15, -0.1) is 5.10 Å². The van der Waals surface area contributed by atoms with E-state index in [9.17, 15) is 9.59 Å². The number of aromatic amines is 1. The zero-order valence-corrected chi connectivity index (χ0v) is 19.5. The first kappa shape index (κ1) is 21.5. The second kappa shape index (κ2) is 8.78. The molecule has 6 nitrogen and oxygen atoms in total. The summed E-state index contributed by atoms with van der Waals surface area (Å²) in [4.78, 5) is 28.8. The van der Waals surface area contributed by atoms with E-state index in [0.29, 0.717) is 15.1 Å². The molecule has 0 spiro atoms. The third kappa shape index (κ3) is 4.21. The molecule has 9 heteroatoms. The van der Waals surface area contributed by atoms with Crippen molar-refractivity contribution in [2.75, 3.05) is 6.26 Å². The number of rotatable bonds is 6. The van der Waals surface area contributed by atoms with Crippen molar-refractivity contribution in [2.45, 2.75) is 24.3 Å². The van der Waals surface area contributed by atoms with E-state index in [2.05, 4.69) is 10.1 Å². The van der Waals surface area contributed by atoms with Gasteiger partial charge < -0.3 is 9.72 Å². The molecule has 0 aliphatic carbocycles. The van der Waals surface area contributed by atoms with Gasteiger partial charge in [-0.05, 0) is 62.7 Å². The average Bonchev–Trinajstić information content (AvgIpc) is 3.31. The van der Waals surface area contributed by atoms with E-state index in [1.807, 2.05) is 37.4 Å². The van der Waals surface area contributed by atoms with Crippen LogP contribution in [-0.2, 0) is 4.74 Å². The number of esters is 1. The van der Waals surface area contributed by atoms with E-state index in [1.165, 1.54) is 23.1 Å². The monoisotopic (exact) mass is 469 g/mol. The number of thioether (sulfide) groups is 1. The van der Waals surface area contributed by atoms with Crippen molar-refractivity contribution in [3.8, 4) is 5.69 Å². The van der Waals surface area contributed by atoms with E-state index in [4.69, 9.17) is 17.0 Å². The first-order valence-corrected chi connectivity index (χ1v) is 11.9. The molecule has 1 unspecified atom stereocenters. The lowest BCUT2D eigenvalue weighted by Gasteiger charge is -2.13. The lowest BCUT2D eigenvalue weighted by Crippen LogP contribution is -2.25. The fourth-order valence-corrected chi connectivity index (χ4v) is 5.10.